The zero-order valence-corrected chi connectivity index (χ0v) is 19.3. The Kier molecular flexibility index (Phi) is 6.22. The number of para-hydroxylation sites is 1. The number of hydrogen-bond donors (Lipinski definition) is 1. The molecule has 0 saturated heterocycles. The molecule has 2 heterocycles. The molecule has 3 aromatic carbocycles. The van der Waals surface area contributed by atoms with E-state index in [0.717, 1.165) is 22.2 Å². The van der Waals surface area contributed by atoms with Crippen LogP contribution in [0.3, 0.4) is 0 Å². The Morgan fingerprint density at radius 2 is 1.60 bits per heavy atom. The molecule has 0 fully saturated rings. The molecule has 1 aromatic heterocycles. The number of benzene rings is 3. The molecular formula is C28H24N4O3. The average molecular weight is 465 g/mol. The minimum atomic E-state index is -0.461. The molecule has 0 unspecified atom stereocenters. The maximum absolute atomic E-state index is 13.4. The van der Waals surface area contributed by atoms with Gasteiger partial charge in [0.15, 0.2) is 0 Å². The van der Waals surface area contributed by atoms with Crippen LogP contribution in [0.25, 0.3) is 16.5 Å². The number of esters is 1. The van der Waals surface area contributed by atoms with Crippen LogP contribution < -0.4 is 0 Å². The van der Waals surface area contributed by atoms with Gasteiger partial charge in [0.2, 0.25) is 0 Å². The van der Waals surface area contributed by atoms with Gasteiger partial charge in [0.25, 0.3) is 5.91 Å². The fourth-order valence-corrected chi connectivity index (χ4v) is 4.18. The summed E-state index contributed by atoms with van der Waals surface area (Å²) in [7, 11) is 0. The molecule has 1 aliphatic rings. The lowest BCUT2D eigenvalue weighted by Gasteiger charge is -2.18. The number of aromatic nitrogens is 1. The van der Waals surface area contributed by atoms with Crippen molar-refractivity contribution >= 4 is 39.7 Å². The van der Waals surface area contributed by atoms with Crippen molar-refractivity contribution in [2.75, 3.05) is 13.2 Å². The Balaban J connectivity index is 1.42. The van der Waals surface area contributed by atoms with Gasteiger partial charge in [-0.15, -0.1) is 0 Å². The van der Waals surface area contributed by atoms with Crippen LogP contribution in [0, 0.1) is 0 Å². The monoisotopic (exact) mass is 464 g/mol. The minimum absolute atomic E-state index is 0.201. The molecule has 0 aliphatic carbocycles. The number of hydrogen-bond acceptors (Lipinski definition) is 5. The summed E-state index contributed by atoms with van der Waals surface area (Å²) < 4.78 is 5.31. The zero-order valence-electron chi connectivity index (χ0n) is 19.3. The summed E-state index contributed by atoms with van der Waals surface area (Å²) in [5, 5.41) is 9.48. The Morgan fingerprint density at radius 1 is 0.914 bits per heavy atom. The first-order chi connectivity index (χ1) is 17.1. The largest absolute Gasteiger partial charge is 0.462 e. The second-order valence-electron chi connectivity index (χ2n) is 8.12. The van der Waals surface area contributed by atoms with Crippen LogP contribution in [0.4, 0.5) is 11.4 Å². The van der Waals surface area contributed by atoms with Crippen molar-refractivity contribution in [2.45, 2.75) is 13.3 Å². The summed E-state index contributed by atoms with van der Waals surface area (Å²) in [6.07, 6.45) is 2.21. The van der Waals surface area contributed by atoms with Crippen molar-refractivity contribution in [1.82, 2.24) is 9.88 Å². The normalized spacial score (nSPS) is 13.4. The van der Waals surface area contributed by atoms with Crippen LogP contribution in [0.5, 0.6) is 0 Å². The fraction of sp³-hybridized carbons (Fsp3) is 0.143. The Bertz CT molecular complexity index is 1440. The number of carbonyl (C=O) groups excluding carboxylic acids is 2. The molecule has 1 N–H and O–H groups in total. The first kappa shape index (κ1) is 22.3. The van der Waals surface area contributed by atoms with Gasteiger partial charge in [-0.25, -0.2) is 4.79 Å². The third-order valence-corrected chi connectivity index (χ3v) is 5.88. The van der Waals surface area contributed by atoms with E-state index in [2.05, 4.69) is 15.2 Å². The number of azo groups is 1. The van der Waals surface area contributed by atoms with Crippen molar-refractivity contribution in [3.8, 4) is 0 Å². The van der Waals surface area contributed by atoms with Crippen LogP contribution >= 0.6 is 0 Å². The lowest BCUT2D eigenvalue weighted by atomic mass is 10.0. The lowest BCUT2D eigenvalue weighted by Crippen LogP contribution is -2.28. The van der Waals surface area contributed by atoms with Crippen LogP contribution in [0.1, 0.15) is 28.5 Å². The van der Waals surface area contributed by atoms with Gasteiger partial charge in [-0.1, -0.05) is 36.4 Å². The van der Waals surface area contributed by atoms with Gasteiger partial charge in [-0.05, 0) is 61.4 Å². The van der Waals surface area contributed by atoms with Crippen LogP contribution in [0.15, 0.2) is 95.3 Å². The van der Waals surface area contributed by atoms with E-state index in [1.165, 1.54) is 0 Å². The summed E-state index contributed by atoms with van der Waals surface area (Å²) >= 11 is 0. The molecule has 0 bridgehead atoms. The number of amides is 1. The number of carbonyl (C=O) groups is 2. The summed E-state index contributed by atoms with van der Waals surface area (Å²) in [6, 6.07) is 24.3. The SMILES string of the molecule is CCOC(=O)C1=CN(C(=O)c2ccc(N=Nc3ccccc3)cc2)CCc2c1[nH]c1ccccc21. The molecule has 4 aromatic rings. The quantitative estimate of drug-likeness (QED) is 0.282. The predicted octanol–water partition coefficient (Wildman–Crippen LogP) is 6.19. The van der Waals surface area contributed by atoms with Gasteiger partial charge < -0.3 is 14.6 Å². The topological polar surface area (TPSA) is 87.1 Å². The summed E-state index contributed by atoms with van der Waals surface area (Å²) in [5.41, 5.74) is 4.90. The Morgan fingerprint density at radius 3 is 2.34 bits per heavy atom. The first-order valence-corrected chi connectivity index (χ1v) is 11.5. The van der Waals surface area contributed by atoms with E-state index < -0.39 is 5.97 Å². The number of ether oxygens (including phenoxy) is 1. The highest BCUT2D eigenvalue weighted by atomic mass is 16.5. The molecule has 0 saturated carbocycles. The summed E-state index contributed by atoms with van der Waals surface area (Å²) in [5.74, 6) is -0.663. The van der Waals surface area contributed by atoms with Gasteiger partial charge in [-0.3, -0.25) is 4.79 Å². The number of rotatable bonds is 5. The third-order valence-electron chi connectivity index (χ3n) is 5.88. The van der Waals surface area contributed by atoms with Crippen molar-refractivity contribution in [2.24, 2.45) is 10.2 Å². The number of nitrogens with zero attached hydrogens (tertiary/aromatic N) is 3. The molecular weight excluding hydrogens is 440 g/mol. The van der Waals surface area contributed by atoms with E-state index in [0.29, 0.717) is 35.5 Å². The van der Waals surface area contributed by atoms with Gasteiger partial charge in [0, 0.05) is 29.2 Å². The van der Waals surface area contributed by atoms with E-state index in [-0.39, 0.29) is 12.5 Å². The standard InChI is InChI=1S/C28H24N4O3/c1-2-35-28(34)24-18-32(17-16-23-22-10-6-7-11-25(22)29-26(23)24)27(33)19-12-14-21(15-13-19)31-30-20-8-4-3-5-9-20/h3-15,18,29H,2,16-17H2,1H3. The lowest BCUT2D eigenvalue weighted by molar-refractivity contribution is -0.136. The number of aromatic amines is 1. The molecule has 5 rings (SSSR count). The summed E-state index contributed by atoms with van der Waals surface area (Å²) in [4.78, 5) is 31.2. The Hall–Kier alpha value is -4.52. The molecule has 7 heteroatoms. The average Bonchev–Trinajstić information content (AvgIpc) is 3.15. The number of nitrogens with one attached hydrogen (secondary N) is 1. The van der Waals surface area contributed by atoms with Gasteiger partial charge in [-0.2, -0.15) is 10.2 Å². The number of H-pyrrole nitrogens is 1. The van der Waals surface area contributed by atoms with Crippen LogP contribution in [-0.4, -0.2) is 34.9 Å². The second-order valence-corrected chi connectivity index (χ2v) is 8.12. The molecule has 35 heavy (non-hydrogen) atoms. The third kappa shape index (κ3) is 4.61. The van der Waals surface area contributed by atoms with Gasteiger partial charge in [0.05, 0.1) is 29.2 Å². The van der Waals surface area contributed by atoms with E-state index in [9.17, 15) is 9.59 Å². The van der Waals surface area contributed by atoms with E-state index >= 15 is 0 Å². The Labute approximate surface area is 202 Å². The second kappa shape index (κ2) is 9.77. The van der Waals surface area contributed by atoms with Crippen molar-refractivity contribution in [3.05, 3.63) is 102 Å². The fourth-order valence-electron chi connectivity index (χ4n) is 4.18. The van der Waals surface area contributed by atoms with Gasteiger partial charge >= 0.3 is 5.97 Å². The van der Waals surface area contributed by atoms with Crippen LogP contribution in [0.2, 0.25) is 0 Å². The minimum Gasteiger partial charge on any atom is -0.462 e. The highest BCUT2D eigenvalue weighted by Gasteiger charge is 2.27. The zero-order chi connectivity index (χ0) is 24.2. The van der Waals surface area contributed by atoms with Crippen molar-refractivity contribution in [3.63, 3.8) is 0 Å². The number of fused-ring (bicyclic) bond motifs is 3. The predicted molar refractivity (Wildman–Crippen MR) is 135 cm³/mol. The molecule has 174 valence electrons. The molecule has 1 amide bonds. The maximum Gasteiger partial charge on any atom is 0.341 e. The molecule has 0 spiro atoms. The van der Waals surface area contributed by atoms with E-state index in [1.54, 1.807) is 42.3 Å². The maximum atomic E-state index is 13.4. The molecule has 0 radical (unpaired) electrons. The van der Waals surface area contributed by atoms with Crippen LogP contribution in [-0.2, 0) is 16.0 Å². The van der Waals surface area contributed by atoms with Crippen molar-refractivity contribution in [1.29, 1.82) is 0 Å². The van der Waals surface area contributed by atoms with Gasteiger partial charge in [0.1, 0.15) is 0 Å². The molecule has 1 aliphatic heterocycles. The molecule has 0 atom stereocenters. The smallest absolute Gasteiger partial charge is 0.341 e. The first-order valence-electron chi connectivity index (χ1n) is 11.5. The molecule has 7 nitrogen and oxygen atoms in total. The summed E-state index contributed by atoms with van der Waals surface area (Å²) in [6.45, 7) is 2.45. The van der Waals surface area contributed by atoms with E-state index in [4.69, 9.17) is 4.74 Å². The highest BCUT2D eigenvalue weighted by molar-refractivity contribution is 6.18. The van der Waals surface area contributed by atoms with Crippen molar-refractivity contribution < 1.29 is 14.3 Å². The highest BCUT2D eigenvalue weighted by Crippen LogP contribution is 2.32. The van der Waals surface area contributed by atoms with E-state index in [1.807, 2.05) is 54.6 Å².